The molecule has 0 saturated carbocycles. The molecule has 0 saturated heterocycles. The van der Waals surface area contributed by atoms with Crippen LogP contribution in [0.3, 0.4) is 0 Å². The van der Waals surface area contributed by atoms with Gasteiger partial charge in [-0.2, -0.15) is 35.8 Å². The first-order valence-electron chi connectivity index (χ1n) is 7.33. The van der Waals surface area contributed by atoms with Crippen molar-refractivity contribution in [1.29, 1.82) is 0 Å². The Bertz CT molecular complexity index is 633. The Hall–Kier alpha value is -2.20. The molecule has 0 heterocycles. The monoisotopic (exact) mass is 390 g/mol. The summed E-state index contributed by atoms with van der Waals surface area (Å²) in [6.07, 6.45) is -5.21. The van der Waals surface area contributed by atoms with Crippen LogP contribution < -0.4 is 14.9 Å². The van der Waals surface area contributed by atoms with Gasteiger partial charge in [-0.25, -0.2) is 5.43 Å². The van der Waals surface area contributed by atoms with E-state index in [-0.39, 0.29) is 17.4 Å². The molecule has 148 valence electrons. The smallest absolute Gasteiger partial charge is 0.462 e. The van der Waals surface area contributed by atoms with Crippen molar-refractivity contribution < 1.29 is 40.2 Å². The van der Waals surface area contributed by atoms with Gasteiger partial charge in [0.15, 0.2) is 11.5 Å². The summed E-state index contributed by atoms with van der Waals surface area (Å²) in [6, 6.07) is -1.56. The minimum atomic E-state index is -6.43. The van der Waals surface area contributed by atoms with Gasteiger partial charge in [0.05, 0.1) is 19.4 Å². The third-order valence-corrected chi connectivity index (χ3v) is 3.26. The fourth-order valence-corrected chi connectivity index (χ4v) is 1.60. The number of ether oxygens (including phenoxy) is 2. The third-order valence-electron chi connectivity index (χ3n) is 3.26. The molecule has 11 heteroatoms. The van der Waals surface area contributed by atoms with Crippen molar-refractivity contribution in [2.75, 3.05) is 7.11 Å². The van der Waals surface area contributed by atoms with Gasteiger partial charge in [-0.1, -0.05) is 6.92 Å². The Morgan fingerprint density at radius 2 is 1.73 bits per heavy atom. The molecular weight excluding hydrogens is 373 g/mol. The van der Waals surface area contributed by atoms with Crippen molar-refractivity contribution in [3.63, 3.8) is 0 Å². The summed E-state index contributed by atoms with van der Waals surface area (Å²) >= 11 is 0. The Morgan fingerprint density at radius 3 is 2.23 bits per heavy atom. The van der Waals surface area contributed by atoms with Crippen LogP contribution in [0.15, 0.2) is 23.3 Å². The van der Waals surface area contributed by atoms with Crippen LogP contribution in [0, 0.1) is 0 Å². The number of hydrogen-bond acceptors (Lipinski definition) is 4. The first-order valence-corrected chi connectivity index (χ1v) is 7.33. The second-order valence-electron chi connectivity index (χ2n) is 5.26. The second kappa shape index (κ2) is 8.00. The van der Waals surface area contributed by atoms with Crippen molar-refractivity contribution in [1.82, 2.24) is 5.43 Å². The average Bonchev–Trinajstić information content (AvgIpc) is 2.54. The van der Waals surface area contributed by atoms with Crippen LogP contribution >= 0.6 is 0 Å². The predicted octanol–water partition coefficient (Wildman–Crippen LogP) is 4.59. The molecule has 26 heavy (non-hydrogen) atoms. The SMILES string of the molecule is CC[C@@H](C)Oc1ccc(/C=N/NC(F)(F)C(F)(F)C(F)(F)F)cc1OC. The van der Waals surface area contributed by atoms with E-state index in [0.29, 0.717) is 23.8 Å². The summed E-state index contributed by atoms with van der Waals surface area (Å²) in [5.74, 6) is -5.73. The third kappa shape index (κ3) is 4.92. The standard InChI is InChI=1S/C15H17F7N2O2/c1-4-9(2)26-11-6-5-10(7-12(11)25-3)8-23-24-15(21,22)13(16,17)14(18,19)20/h5-9,24H,4H2,1-3H3/b23-8+/t9-/m1/s1. The van der Waals surface area contributed by atoms with E-state index in [0.717, 1.165) is 0 Å². The molecule has 0 aliphatic heterocycles. The van der Waals surface area contributed by atoms with Crippen LogP contribution in [0.5, 0.6) is 11.5 Å². The molecule has 0 bridgehead atoms. The van der Waals surface area contributed by atoms with E-state index in [2.05, 4.69) is 5.10 Å². The Morgan fingerprint density at radius 1 is 1.12 bits per heavy atom. The lowest BCUT2D eigenvalue weighted by Crippen LogP contribution is -2.58. The molecule has 0 aliphatic rings. The number of benzene rings is 1. The van der Waals surface area contributed by atoms with Crippen molar-refractivity contribution in [3.8, 4) is 11.5 Å². The van der Waals surface area contributed by atoms with E-state index in [1.54, 1.807) is 0 Å². The van der Waals surface area contributed by atoms with E-state index < -0.39 is 18.1 Å². The summed E-state index contributed by atoms with van der Waals surface area (Å²) in [6.45, 7) is 3.70. The van der Waals surface area contributed by atoms with E-state index in [1.807, 2.05) is 13.8 Å². The Labute approximate surface area is 145 Å². The highest BCUT2D eigenvalue weighted by Crippen LogP contribution is 2.45. The van der Waals surface area contributed by atoms with Gasteiger partial charge in [0, 0.05) is 0 Å². The molecule has 0 unspecified atom stereocenters. The number of methoxy groups -OCH3 is 1. The zero-order valence-corrected chi connectivity index (χ0v) is 14.0. The Kier molecular flexibility index (Phi) is 6.72. The summed E-state index contributed by atoms with van der Waals surface area (Å²) in [5.41, 5.74) is 0.650. The summed E-state index contributed by atoms with van der Waals surface area (Å²) in [4.78, 5) is 0. The minimum Gasteiger partial charge on any atom is -0.493 e. The zero-order valence-electron chi connectivity index (χ0n) is 14.0. The topological polar surface area (TPSA) is 42.8 Å². The maximum atomic E-state index is 13.1. The van der Waals surface area contributed by atoms with Crippen molar-refractivity contribution in [2.24, 2.45) is 5.10 Å². The summed E-state index contributed by atoms with van der Waals surface area (Å²) in [7, 11) is 1.32. The number of nitrogens with one attached hydrogen (secondary N) is 1. The van der Waals surface area contributed by atoms with Gasteiger partial charge in [0.2, 0.25) is 0 Å². The molecule has 0 radical (unpaired) electrons. The normalized spacial score (nSPS) is 14.4. The lowest BCUT2D eigenvalue weighted by molar-refractivity contribution is -0.361. The first-order chi connectivity index (χ1) is 11.9. The molecule has 1 atom stereocenters. The van der Waals surface area contributed by atoms with Crippen LogP contribution in [0.1, 0.15) is 25.8 Å². The van der Waals surface area contributed by atoms with Crippen LogP contribution in [0.25, 0.3) is 0 Å². The molecule has 4 nitrogen and oxygen atoms in total. The highest BCUT2D eigenvalue weighted by molar-refractivity contribution is 5.80. The van der Waals surface area contributed by atoms with E-state index in [4.69, 9.17) is 9.47 Å². The molecule has 0 aromatic heterocycles. The quantitative estimate of drug-likeness (QED) is 0.306. The lowest BCUT2D eigenvalue weighted by atomic mass is 10.2. The van der Waals surface area contributed by atoms with Crippen LogP contribution in [0.2, 0.25) is 0 Å². The molecule has 1 aromatic carbocycles. The number of hydrogen-bond donors (Lipinski definition) is 1. The number of rotatable bonds is 8. The second-order valence-corrected chi connectivity index (χ2v) is 5.26. The average molecular weight is 390 g/mol. The van der Waals surface area contributed by atoms with Crippen LogP contribution in [-0.2, 0) is 0 Å². The minimum absolute atomic E-state index is 0.108. The molecule has 0 spiro atoms. The largest absolute Gasteiger partial charge is 0.493 e. The molecule has 0 aliphatic carbocycles. The van der Waals surface area contributed by atoms with Gasteiger partial charge < -0.3 is 9.47 Å². The Balaban J connectivity index is 2.92. The molecule has 0 fully saturated rings. The summed E-state index contributed by atoms with van der Waals surface area (Å²) < 4.78 is 98.1. The molecular formula is C15H17F7N2O2. The highest BCUT2D eigenvalue weighted by Gasteiger charge is 2.73. The summed E-state index contributed by atoms with van der Waals surface area (Å²) in [5, 5.41) is 2.77. The van der Waals surface area contributed by atoms with Crippen LogP contribution in [-0.4, -0.2) is 37.6 Å². The molecule has 1 aromatic rings. The zero-order chi connectivity index (χ0) is 20.2. The maximum absolute atomic E-state index is 13.1. The van der Waals surface area contributed by atoms with Crippen molar-refractivity contribution in [3.05, 3.63) is 23.8 Å². The van der Waals surface area contributed by atoms with Crippen molar-refractivity contribution >= 4 is 6.21 Å². The van der Waals surface area contributed by atoms with Crippen molar-refractivity contribution in [2.45, 2.75) is 44.5 Å². The first kappa shape index (κ1) is 21.8. The maximum Gasteiger partial charge on any atom is 0.462 e. The number of nitrogens with zero attached hydrogens (tertiary/aromatic N) is 1. The predicted molar refractivity (Wildman–Crippen MR) is 80.1 cm³/mol. The van der Waals surface area contributed by atoms with Gasteiger partial charge in [0.25, 0.3) is 0 Å². The van der Waals surface area contributed by atoms with Gasteiger partial charge in [-0.05, 0) is 37.1 Å². The van der Waals surface area contributed by atoms with Gasteiger partial charge in [0.1, 0.15) is 0 Å². The number of halogens is 7. The molecule has 1 N–H and O–H groups in total. The molecule has 1 rings (SSSR count). The fourth-order valence-electron chi connectivity index (χ4n) is 1.60. The highest BCUT2D eigenvalue weighted by atomic mass is 19.4. The lowest BCUT2D eigenvalue weighted by Gasteiger charge is -2.27. The van der Waals surface area contributed by atoms with Gasteiger partial charge in [-0.15, -0.1) is 0 Å². The fraction of sp³-hybridized carbons (Fsp3) is 0.533. The van der Waals surface area contributed by atoms with E-state index in [1.165, 1.54) is 25.3 Å². The van der Waals surface area contributed by atoms with Gasteiger partial charge >= 0.3 is 18.1 Å². The van der Waals surface area contributed by atoms with E-state index >= 15 is 0 Å². The van der Waals surface area contributed by atoms with E-state index in [9.17, 15) is 30.7 Å². The number of alkyl halides is 7. The number of hydrazone groups is 1. The molecule has 0 amide bonds. The van der Waals surface area contributed by atoms with Crippen LogP contribution in [0.4, 0.5) is 30.7 Å². The van der Waals surface area contributed by atoms with Gasteiger partial charge in [-0.3, -0.25) is 0 Å².